The van der Waals surface area contributed by atoms with E-state index < -0.39 is 0 Å². The summed E-state index contributed by atoms with van der Waals surface area (Å²) in [6.45, 7) is 2.49. The lowest BCUT2D eigenvalue weighted by Crippen LogP contribution is -2.44. The first-order valence-electron chi connectivity index (χ1n) is 7.05. The fourth-order valence-corrected chi connectivity index (χ4v) is 2.90. The van der Waals surface area contributed by atoms with Gasteiger partial charge in [-0.05, 0) is 35.2 Å². The highest BCUT2D eigenvalue weighted by atomic mass is 16.3. The molecule has 3 rings (SSSR count). The molecular weight excluding hydrogens is 248 g/mol. The van der Waals surface area contributed by atoms with Gasteiger partial charge in [-0.3, -0.25) is 4.90 Å². The van der Waals surface area contributed by atoms with Crippen molar-refractivity contribution in [3.8, 4) is 5.75 Å². The first-order valence-corrected chi connectivity index (χ1v) is 7.05. The van der Waals surface area contributed by atoms with Crippen LogP contribution in [-0.2, 0) is 19.5 Å². The third-order valence-corrected chi connectivity index (χ3v) is 4.06. The predicted molar refractivity (Wildman–Crippen MR) is 80.3 cm³/mol. The van der Waals surface area contributed by atoms with Crippen LogP contribution in [0.1, 0.15) is 16.7 Å². The summed E-state index contributed by atoms with van der Waals surface area (Å²) in [6, 6.07) is 16.4. The van der Waals surface area contributed by atoms with Gasteiger partial charge >= 0.3 is 0 Å². The van der Waals surface area contributed by atoms with Gasteiger partial charge in [0.15, 0.2) is 0 Å². The molecule has 3 nitrogen and oxygen atoms in total. The van der Waals surface area contributed by atoms with Crippen molar-refractivity contribution in [1.29, 1.82) is 0 Å². The lowest BCUT2D eigenvalue weighted by Gasteiger charge is -2.36. The quantitative estimate of drug-likeness (QED) is 0.898. The van der Waals surface area contributed by atoms with Crippen LogP contribution in [0.2, 0.25) is 0 Å². The average Bonchev–Trinajstić information content (AvgIpc) is 2.49. The van der Waals surface area contributed by atoms with Crippen LogP contribution < -0.4 is 5.73 Å². The van der Waals surface area contributed by atoms with Gasteiger partial charge in [0.1, 0.15) is 5.75 Å². The zero-order chi connectivity index (χ0) is 13.9. The molecule has 20 heavy (non-hydrogen) atoms. The van der Waals surface area contributed by atoms with Crippen molar-refractivity contribution >= 4 is 0 Å². The van der Waals surface area contributed by atoms with Gasteiger partial charge in [0.05, 0.1) is 0 Å². The number of phenolic OH excluding ortho intramolecular Hbond substituents is 1. The van der Waals surface area contributed by atoms with Gasteiger partial charge in [0, 0.05) is 25.7 Å². The lowest BCUT2D eigenvalue weighted by molar-refractivity contribution is 0.167. The maximum atomic E-state index is 9.36. The van der Waals surface area contributed by atoms with E-state index in [0.717, 1.165) is 19.5 Å². The Balaban J connectivity index is 1.80. The number of rotatable bonds is 3. The molecule has 1 aliphatic rings. The van der Waals surface area contributed by atoms with E-state index in [1.54, 1.807) is 12.1 Å². The zero-order valence-corrected chi connectivity index (χ0v) is 11.5. The number of hydrogen-bond acceptors (Lipinski definition) is 3. The summed E-state index contributed by atoms with van der Waals surface area (Å²) in [5, 5.41) is 9.36. The van der Waals surface area contributed by atoms with Gasteiger partial charge in [0.2, 0.25) is 0 Å². The molecule has 3 heteroatoms. The molecule has 0 aromatic heterocycles. The monoisotopic (exact) mass is 268 g/mol. The predicted octanol–water partition coefficient (Wildman–Crippen LogP) is 2.28. The molecule has 0 fully saturated rings. The molecule has 0 radical (unpaired) electrons. The number of nitrogens with two attached hydrogens (primary N) is 1. The number of aromatic hydroxyl groups is 1. The third-order valence-electron chi connectivity index (χ3n) is 4.06. The highest BCUT2D eigenvalue weighted by molar-refractivity contribution is 5.31. The van der Waals surface area contributed by atoms with Crippen molar-refractivity contribution in [2.45, 2.75) is 25.6 Å². The molecule has 2 aromatic carbocycles. The molecule has 1 atom stereocenters. The van der Waals surface area contributed by atoms with E-state index in [-0.39, 0.29) is 0 Å². The van der Waals surface area contributed by atoms with Crippen LogP contribution in [0.25, 0.3) is 0 Å². The van der Waals surface area contributed by atoms with Gasteiger partial charge in [0.25, 0.3) is 0 Å². The Morgan fingerprint density at radius 3 is 2.45 bits per heavy atom. The molecule has 3 N–H and O–H groups in total. The molecule has 0 saturated carbocycles. The van der Waals surface area contributed by atoms with E-state index in [4.69, 9.17) is 5.73 Å². The normalized spacial score (nSPS) is 18.8. The maximum absolute atomic E-state index is 9.36. The maximum Gasteiger partial charge on any atom is 0.115 e. The number of phenols is 1. The largest absolute Gasteiger partial charge is 0.508 e. The van der Waals surface area contributed by atoms with Crippen LogP contribution in [0.3, 0.4) is 0 Å². The van der Waals surface area contributed by atoms with Gasteiger partial charge in [-0.2, -0.15) is 0 Å². The van der Waals surface area contributed by atoms with Crippen molar-refractivity contribution in [2.24, 2.45) is 5.73 Å². The van der Waals surface area contributed by atoms with E-state index in [0.29, 0.717) is 18.3 Å². The summed E-state index contributed by atoms with van der Waals surface area (Å²) in [7, 11) is 0. The van der Waals surface area contributed by atoms with Crippen LogP contribution in [-0.4, -0.2) is 22.6 Å². The Hall–Kier alpha value is -1.84. The lowest BCUT2D eigenvalue weighted by atomic mass is 9.93. The second-order valence-corrected chi connectivity index (χ2v) is 5.43. The first kappa shape index (κ1) is 13.2. The smallest absolute Gasteiger partial charge is 0.115 e. The van der Waals surface area contributed by atoms with Crippen LogP contribution in [0.15, 0.2) is 48.5 Å². The molecule has 0 spiro atoms. The topological polar surface area (TPSA) is 49.5 Å². The van der Waals surface area contributed by atoms with Crippen molar-refractivity contribution in [2.75, 3.05) is 6.54 Å². The minimum absolute atomic E-state index is 0.313. The van der Waals surface area contributed by atoms with Gasteiger partial charge in [-0.25, -0.2) is 0 Å². The van der Waals surface area contributed by atoms with Crippen LogP contribution in [0.4, 0.5) is 0 Å². The molecule has 0 aliphatic carbocycles. The SMILES string of the molecule is NCC1Cc2ccccc2CN1Cc1ccc(O)cc1. The minimum Gasteiger partial charge on any atom is -0.508 e. The second kappa shape index (κ2) is 5.65. The van der Waals surface area contributed by atoms with Crippen LogP contribution >= 0.6 is 0 Å². The van der Waals surface area contributed by atoms with Gasteiger partial charge < -0.3 is 10.8 Å². The minimum atomic E-state index is 0.313. The van der Waals surface area contributed by atoms with E-state index in [2.05, 4.69) is 29.2 Å². The highest BCUT2D eigenvalue weighted by Gasteiger charge is 2.24. The number of nitrogens with zero attached hydrogens (tertiary/aromatic N) is 1. The Morgan fingerprint density at radius 1 is 1.05 bits per heavy atom. The third kappa shape index (κ3) is 2.69. The van der Waals surface area contributed by atoms with E-state index in [1.807, 2.05) is 12.1 Å². The van der Waals surface area contributed by atoms with Gasteiger partial charge in [-0.15, -0.1) is 0 Å². The number of benzene rings is 2. The first-order chi connectivity index (χ1) is 9.76. The van der Waals surface area contributed by atoms with Crippen molar-refractivity contribution in [3.63, 3.8) is 0 Å². The Kier molecular flexibility index (Phi) is 3.72. The summed E-state index contributed by atoms with van der Waals surface area (Å²) < 4.78 is 0. The fraction of sp³-hybridized carbons (Fsp3) is 0.294. The van der Waals surface area contributed by atoms with Crippen LogP contribution in [0, 0.1) is 0 Å². The average molecular weight is 268 g/mol. The Morgan fingerprint density at radius 2 is 1.75 bits per heavy atom. The highest BCUT2D eigenvalue weighted by Crippen LogP contribution is 2.24. The Bertz CT molecular complexity index is 580. The second-order valence-electron chi connectivity index (χ2n) is 5.43. The zero-order valence-electron chi connectivity index (χ0n) is 11.5. The van der Waals surface area contributed by atoms with Crippen molar-refractivity contribution < 1.29 is 5.11 Å². The molecule has 0 bridgehead atoms. The molecule has 0 saturated heterocycles. The molecule has 1 unspecified atom stereocenters. The molecule has 0 amide bonds. The standard InChI is InChI=1S/C17H20N2O/c18-10-16-9-14-3-1-2-4-15(14)12-19(16)11-13-5-7-17(20)8-6-13/h1-8,16,20H,9-12,18H2. The van der Waals surface area contributed by atoms with E-state index in [9.17, 15) is 5.11 Å². The fourth-order valence-electron chi connectivity index (χ4n) is 2.90. The summed E-state index contributed by atoms with van der Waals surface area (Å²) >= 11 is 0. The van der Waals surface area contributed by atoms with E-state index >= 15 is 0 Å². The summed E-state index contributed by atoms with van der Waals surface area (Å²) in [5.74, 6) is 0.313. The molecule has 1 aliphatic heterocycles. The van der Waals surface area contributed by atoms with Crippen molar-refractivity contribution in [1.82, 2.24) is 4.90 Å². The van der Waals surface area contributed by atoms with Crippen LogP contribution in [0.5, 0.6) is 5.75 Å². The van der Waals surface area contributed by atoms with E-state index in [1.165, 1.54) is 16.7 Å². The van der Waals surface area contributed by atoms with Crippen molar-refractivity contribution in [3.05, 3.63) is 65.2 Å². The van der Waals surface area contributed by atoms with Gasteiger partial charge in [-0.1, -0.05) is 36.4 Å². The molecule has 2 aromatic rings. The molecule has 104 valence electrons. The number of fused-ring (bicyclic) bond motifs is 1. The number of hydrogen-bond donors (Lipinski definition) is 2. The Labute approximate surface area is 119 Å². The summed E-state index contributed by atoms with van der Waals surface area (Å²) in [5.41, 5.74) is 9.98. The summed E-state index contributed by atoms with van der Waals surface area (Å²) in [4.78, 5) is 2.43. The molecular formula is C17H20N2O. The molecule has 1 heterocycles. The summed E-state index contributed by atoms with van der Waals surface area (Å²) in [6.07, 6.45) is 1.02.